The monoisotopic (exact) mass is 367 g/mol. The van der Waals surface area contributed by atoms with Crippen molar-refractivity contribution in [1.29, 1.82) is 0 Å². The highest BCUT2D eigenvalue weighted by atomic mass is 79.9. The molecule has 0 aliphatic heterocycles. The average Bonchev–Trinajstić information content (AvgIpc) is 2.36. The molecule has 0 saturated carbocycles. The molecule has 20 heavy (non-hydrogen) atoms. The predicted molar refractivity (Wildman–Crippen MR) is 75.6 cm³/mol. The maximum Gasteiger partial charge on any atom is 0.276 e. The highest BCUT2D eigenvalue weighted by Crippen LogP contribution is 2.30. The van der Waals surface area contributed by atoms with Crippen molar-refractivity contribution in [3.63, 3.8) is 0 Å². The van der Waals surface area contributed by atoms with Gasteiger partial charge in [-0.25, -0.2) is 8.42 Å². The zero-order chi connectivity index (χ0) is 15.5. The van der Waals surface area contributed by atoms with Crippen molar-refractivity contribution in [3.05, 3.63) is 33.9 Å². The van der Waals surface area contributed by atoms with Crippen LogP contribution in [0.15, 0.2) is 23.1 Å². The number of sulfone groups is 1. The Morgan fingerprint density at radius 1 is 1.40 bits per heavy atom. The number of halogens is 1. The second-order valence-corrected chi connectivity index (χ2v) is 7.05. The first-order valence-corrected chi connectivity index (χ1v) is 8.60. The number of hydrogen-bond donors (Lipinski definition) is 2. The highest BCUT2D eigenvalue weighted by Gasteiger charge is 2.27. The highest BCUT2D eigenvalue weighted by molar-refractivity contribution is 9.09. The zero-order valence-corrected chi connectivity index (χ0v) is 13.0. The Labute approximate surface area is 124 Å². The molecule has 0 radical (unpaired) electrons. The summed E-state index contributed by atoms with van der Waals surface area (Å²) in [6, 6.07) is 3.20. The molecule has 112 valence electrons. The first-order valence-electron chi connectivity index (χ1n) is 5.59. The van der Waals surface area contributed by atoms with E-state index in [1.54, 1.807) is 0 Å². The van der Waals surface area contributed by atoms with Gasteiger partial charge in [0.15, 0.2) is 9.84 Å². The van der Waals surface area contributed by atoms with Gasteiger partial charge in [-0.1, -0.05) is 15.9 Å². The summed E-state index contributed by atoms with van der Waals surface area (Å²) in [5.41, 5.74) is -0.648. The topological polar surface area (TPSA) is 118 Å². The van der Waals surface area contributed by atoms with Crippen molar-refractivity contribution in [2.24, 2.45) is 0 Å². The molecule has 2 N–H and O–H groups in total. The summed E-state index contributed by atoms with van der Waals surface area (Å²) in [6.07, 6.45) is -1.51. The van der Waals surface area contributed by atoms with Gasteiger partial charge in [0.1, 0.15) is 6.10 Å². The molecule has 9 heteroatoms. The normalized spacial score (nSPS) is 14.8. The molecule has 0 fully saturated rings. The fraction of sp³-hybridized carbons (Fsp3) is 0.455. The van der Waals surface area contributed by atoms with Gasteiger partial charge in [-0.15, -0.1) is 0 Å². The summed E-state index contributed by atoms with van der Waals surface area (Å²) in [6.45, 7) is 0. The van der Waals surface area contributed by atoms with Gasteiger partial charge in [0.2, 0.25) is 0 Å². The van der Waals surface area contributed by atoms with E-state index in [0.717, 1.165) is 18.4 Å². The SMILES string of the molecule is CS(=O)(=O)c1ccc(C(O)C(O)CCBr)c([N+](=O)[O-])c1. The molecular weight excluding hydrogens is 354 g/mol. The Hall–Kier alpha value is -1.03. The van der Waals surface area contributed by atoms with Gasteiger partial charge in [-0.2, -0.15) is 0 Å². The van der Waals surface area contributed by atoms with Gasteiger partial charge in [-0.05, 0) is 18.6 Å². The maximum absolute atomic E-state index is 11.4. The minimum absolute atomic E-state index is 0.115. The van der Waals surface area contributed by atoms with E-state index >= 15 is 0 Å². The summed E-state index contributed by atoms with van der Waals surface area (Å²) in [5.74, 6) is 0. The average molecular weight is 368 g/mol. The lowest BCUT2D eigenvalue weighted by molar-refractivity contribution is -0.386. The van der Waals surface area contributed by atoms with E-state index in [2.05, 4.69) is 15.9 Å². The van der Waals surface area contributed by atoms with Crippen molar-refractivity contribution in [2.75, 3.05) is 11.6 Å². The van der Waals surface area contributed by atoms with Crippen LogP contribution in [0.2, 0.25) is 0 Å². The van der Waals surface area contributed by atoms with E-state index < -0.39 is 32.7 Å². The van der Waals surface area contributed by atoms with Crippen molar-refractivity contribution >= 4 is 31.5 Å². The number of hydrogen-bond acceptors (Lipinski definition) is 6. The van der Waals surface area contributed by atoms with Crippen LogP contribution in [0.5, 0.6) is 0 Å². The quantitative estimate of drug-likeness (QED) is 0.442. The molecule has 0 amide bonds. The summed E-state index contributed by atoms with van der Waals surface area (Å²) in [4.78, 5) is 10.00. The molecule has 0 heterocycles. The molecule has 0 bridgehead atoms. The van der Waals surface area contributed by atoms with Gasteiger partial charge < -0.3 is 10.2 Å². The summed E-state index contributed by atoms with van der Waals surface area (Å²) in [7, 11) is -3.59. The van der Waals surface area contributed by atoms with Crippen molar-refractivity contribution in [3.8, 4) is 0 Å². The van der Waals surface area contributed by atoms with E-state index in [4.69, 9.17) is 0 Å². The fourth-order valence-corrected chi connectivity index (χ4v) is 2.75. The third-order valence-corrected chi connectivity index (χ3v) is 4.28. The maximum atomic E-state index is 11.4. The zero-order valence-electron chi connectivity index (χ0n) is 10.6. The van der Waals surface area contributed by atoms with Crippen molar-refractivity contribution < 1.29 is 23.6 Å². The molecule has 1 aromatic carbocycles. The Morgan fingerprint density at radius 2 is 2.00 bits per heavy atom. The van der Waals surface area contributed by atoms with E-state index in [1.807, 2.05) is 0 Å². The standard InChI is InChI=1S/C11H14BrNO6S/c1-20(18,19)7-2-3-8(9(6-7)13(16)17)11(15)10(14)4-5-12/h2-3,6,10-11,14-15H,4-5H2,1H3. The lowest BCUT2D eigenvalue weighted by atomic mass is 10.0. The van der Waals surface area contributed by atoms with E-state index in [9.17, 15) is 28.7 Å². The van der Waals surface area contributed by atoms with Crippen LogP contribution in [0.4, 0.5) is 5.69 Å². The Kier molecular flexibility index (Phi) is 5.63. The Balaban J connectivity index is 3.31. The second kappa shape index (κ2) is 6.61. The molecule has 2 atom stereocenters. The van der Waals surface area contributed by atoms with Crippen LogP contribution in [0.1, 0.15) is 18.1 Å². The molecule has 0 aliphatic rings. The molecule has 0 saturated heterocycles. The summed E-state index contributed by atoms with van der Waals surface area (Å²) >= 11 is 3.09. The van der Waals surface area contributed by atoms with Gasteiger partial charge in [0.25, 0.3) is 5.69 Å². The molecule has 1 aromatic rings. The van der Waals surface area contributed by atoms with Crippen molar-refractivity contribution in [2.45, 2.75) is 23.5 Å². The molecular formula is C11H14BrNO6S. The molecule has 0 aliphatic carbocycles. The van der Waals surface area contributed by atoms with Gasteiger partial charge >= 0.3 is 0 Å². The Bertz CT molecular complexity index is 603. The molecule has 0 aromatic heterocycles. The predicted octanol–water partition coefficient (Wildman–Crippen LogP) is 1.18. The fourth-order valence-electron chi connectivity index (χ4n) is 1.64. The lowest BCUT2D eigenvalue weighted by Crippen LogP contribution is -2.19. The molecule has 2 unspecified atom stereocenters. The first-order chi connectivity index (χ1) is 9.18. The number of nitro groups is 1. The van der Waals surface area contributed by atoms with Crippen molar-refractivity contribution in [1.82, 2.24) is 0 Å². The summed E-state index contributed by atoms with van der Waals surface area (Å²) < 4.78 is 22.8. The van der Waals surface area contributed by atoms with Crippen LogP contribution < -0.4 is 0 Å². The van der Waals surface area contributed by atoms with Gasteiger partial charge in [-0.3, -0.25) is 10.1 Å². The number of benzene rings is 1. The van der Waals surface area contributed by atoms with Crippen LogP contribution in [-0.2, 0) is 9.84 Å². The number of nitrogens with zero attached hydrogens (tertiary/aromatic N) is 1. The number of rotatable bonds is 6. The van der Waals surface area contributed by atoms with Crippen LogP contribution >= 0.6 is 15.9 Å². The summed E-state index contributed by atoms with van der Waals surface area (Å²) in [5, 5.41) is 31.0. The first kappa shape index (κ1) is 17.0. The van der Waals surface area contributed by atoms with Gasteiger partial charge in [0, 0.05) is 17.7 Å². The van der Waals surface area contributed by atoms with E-state index in [0.29, 0.717) is 5.33 Å². The minimum Gasteiger partial charge on any atom is -0.390 e. The molecule has 0 spiro atoms. The van der Waals surface area contributed by atoms with Crippen LogP contribution in [0, 0.1) is 10.1 Å². The number of nitro benzene ring substituents is 1. The van der Waals surface area contributed by atoms with Gasteiger partial charge in [0.05, 0.1) is 21.5 Å². The van der Waals surface area contributed by atoms with E-state index in [-0.39, 0.29) is 16.9 Å². The number of alkyl halides is 1. The second-order valence-electron chi connectivity index (χ2n) is 4.24. The van der Waals surface area contributed by atoms with E-state index in [1.165, 1.54) is 6.07 Å². The third-order valence-electron chi connectivity index (χ3n) is 2.71. The van der Waals surface area contributed by atoms with Crippen LogP contribution in [-0.4, -0.2) is 41.2 Å². The Morgan fingerprint density at radius 3 is 2.45 bits per heavy atom. The molecule has 1 rings (SSSR count). The minimum atomic E-state index is -3.59. The largest absolute Gasteiger partial charge is 0.390 e. The smallest absolute Gasteiger partial charge is 0.276 e. The van der Waals surface area contributed by atoms with Crippen LogP contribution in [0.25, 0.3) is 0 Å². The van der Waals surface area contributed by atoms with Crippen LogP contribution in [0.3, 0.4) is 0 Å². The number of aliphatic hydroxyl groups is 2. The lowest BCUT2D eigenvalue weighted by Gasteiger charge is -2.17. The third kappa shape index (κ3) is 3.98. The number of aliphatic hydroxyl groups excluding tert-OH is 2. The molecule has 7 nitrogen and oxygen atoms in total.